The van der Waals surface area contributed by atoms with Crippen LogP contribution in [0.4, 0.5) is 0 Å². The average molecular weight is 264 g/mol. The van der Waals surface area contributed by atoms with E-state index in [1.807, 2.05) is 24.3 Å². The number of hydrogen-bond acceptors (Lipinski definition) is 3. The van der Waals surface area contributed by atoms with Gasteiger partial charge in [0.25, 0.3) is 0 Å². The molecule has 0 radical (unpaired) electrons. The van der Waals surface area contributed by atoms with Crippen molar-refractivity contribution >= 4 is 5.91 Å². The molecule has 0 atom stereocenters. The van der Waals surface area contributed by atoms with Crippen LogP contribution in [0.2, 0.25) is 0 Å². The first-order valence-electron chi connectivity index (χ1n) is 6.87. The maximum atomic E-state index is 11.6. The molecule has 1 aromatic rings. The number of benzene rings is 1. The van der Waals surface area contributed by atoms with E-state index in [2.05, 4.69) is 17.6 Å². The second-order valence-corrected chi connectivity index (χ2v) is 4.47. The highest BCUT2D eigenvalue weighted by Crippen LogP contribution is 2.16. The van der Waals surface area contributed by atoms with E-state index in [0.717, 1.165) is 24.3 Å². The van der Waals surface area contributed by atoms with Crippen LogP contribution >= 0.6 is 0 Å². The maximum Gasteiger partial charge on any atom is 0.234 e. The molecule has 0 saturated heterocycles. The fourth-order valence-corrected chi connectivity index (χ4v) is 1.81. The largest absolute Gasteiger partial charge is 0.496 e. The van der Waals surface area contributed by atoms with Crippen LogP contribution in [0.25, 0.3) is 0 Å². The minimum Gasteiger partial charge on any atom is -0.496 e. The summed E-state index contributed by atoms with van der Waals surface area (Å²) in [6.45, 7) is 3.94. The third-order valence-electron chi connectivity index (χ3n) is 2.91. The van der Waals surface area contributed by atoms with Crippen molar-refractivity contribution < 1.29 is 9.53 Å². The highest BCUT2D eigenvalue weighted by Gasteiger charge is 2.04. The number of nitrogens with one attached hydrogen (secondary N) is 2. The number of carbonyl (C=O) groups excluding carboxylic acids is 1. The van der Waals surface area contributed by atoms with E-state index >= 15 is 0 Å². The van der Waals surface area contributed by atoms with Gasteiger partial charge in [0.05, 0.1) is 13.7 Å². The zero-order chi connectivity index (χ0) is 13.9. The predicted octanol–water partition coefficient (Wildman–Crippen LogP) is 2.09. The summed E-state index contributed by atoms with van der Waals surface area (Å²) in [5.74, 6) is 0.820. The molecule has 0 unspecified atom stereocenters. The molecule has 0 bridgehead atoms. The molecule has 0 aliphatic rings. The monoisotopic (exact) mass is 264 g/mol. The Bertz CT molecular complexity index is 380. The lowest BCUT2D eigenvalue weighted by molar-refractivity contribution is -0.120. The van der Waals surface area contributed by atoms with Crippen LogP contribution in [-0.4, -0.2) is 26.1 Å². The van der Waals surface area contributed by atoms with E-state index in [1.165, 1.54) is 12.8 Å². The number of para-hydroxylation sites is 1. The van der Waals surface area contributed by atoms with Gasteiger partial charge in [-0.15, -0.1) is 0 Å². The van der Waals surface area contributed by atoms with Crippen molar-refractivity contribution in [3.8, 4) is 5.75 Å². The molecule has 0 aliphatic carbocycles. The van der Waals surface area contributed by atoms with E-state index in [1.54, 1.807) is 7.11 Å². The Hall–Kier alpha value is -1.55. The van der Waals surface area contributed by atoms with Gasteiger partial charge in [0.2, 0.25) is 5.91 Å². The number of carbonyl (C=O) groups is 1. The number of hydrogen-bond donors (Lipinski definition) is 2. The smallest absolute Gasteiger partial charge is 0.234 e. The molecular weight excluding hydrogens is 240 g/mol. The molecule has 19 heavy (non-hydrogen) atoms. The van der Waals surface area contributed by atoms with Gasteiger partial charge in [0, 0.05) is 12.1 Å². The van der Waals surface area contributed by atoms with Crippen molar-refractivity contribution in [2.24, 2.45) is 0 Å². The molecule has 0 heterocycles. The summed E-state index contributed by atoms with van der Waals surface area (Å²) in [5, 5.41) is 6.02. The minimum absolute atomic E-state index is 0.0161. The second kappa shape index (κ2) is 9.39. The Morgan fingerprint density at radius 1 is 1.26 bits per heavy atom. The van der Waals surface area contributed by atoms with Crippen molar-refractivity contribution in [1.29, 1.82) is 0 Å². The average Bonchev–Trinajstić information content (AvgIpc) is 2.45. The van der Waals surface area contributed by atoms with Gasteiger partial charge in [0.1, 0.15) is 5.75 Å². The van der Waals surface area contributed by atoms with Crippen LogP contribution in [0, 0.1) is 0 Å². The zero-order valence-corrected chi connectivity index (χ0v) is 11.9. The Balaban J connectivity index is 2.22. The molecule has 1 aromatic carbocycles. The first kappa shape index (κ1) is 15.5. The lowest BCUT2D eigenvalue weighted by atomic mass is 10.2. The van der Waals surface area contributed by atoms with Gasteiger partial charge < -0.3 is 15.4 Å². The Kier molecular flexibility index (Phi) is 7.66. The van der Waals surface area contributed by atoms with E-state index in [-0.39, 0.29) is 5.91 Å². The van der Waals surface area contributed by atoms with Gasteiger partial charge in [-0.2, -0.15) is 0 Å². The number of amides is 1. The van der Waals surface area contributed by atoms with Crippen LogP contribution in [-0.2, 0) is 11.3 Å². The summed E-state index contributed by atoms with van der Waals surface area (Å²) in [6.07, 6.45) is 3.52. The molecule has 0 fully saturated rings. The molecule has 4 heteroatoms. The lowest BCUT2D eigenvalue weighted by Crippen LogP contribution is -2.33. The highest BCUT2D eigenvalue weighted by molar-refractivity contribution is 5.78. The van der Waals surface area contributed by atoms with Gasteiger partial charge in [0.15, 0.2) is 0 Å². The van der Waals surface area contributed by atoms with Gasteiger partial charge in [-0.3, -0.25) is 4.79 Å². The lowest BCUT2D eigenvalue weighted by Gasteiger charge is -2.10. The zero-order valence-electron chi connectivity index (χ0n) is 11.9. The second-order valence-electron chi connectivity index (χ2n) is 4.47. The molecule has 4 nitrogen and oxygen atoms in total. The number of unbranched alkanes of at least 4 members (excludes halogenated alkanes) is 2. The highest BCUT2D eigenvalue weighted by atomic mass is 16.5. The summed E-state index contributed by atoms with van der Waals surface area (Å²) in [6, 6.07) is 7.70. The molecule has 0 aromatic heterocycles. The molecule has 1 amide bonds. The van der Waals surface area contributed by atoms with Crippen molar-refractivity contribution in [2.75, 3.05) is 20.2 Å². The molecule has 106 valence electrons. The van der Waals surface area contributed by atoms with E-state index in [4.69, 9.17) is 4.74 Å². The van der Waals surface area contributed by atoms with Crippen molar-refractivity contribution in [3.63, 3.8) is 0 Å². The quantitative estimate of drug-likeness (QED) is 0.672. The van der Waals surface area contributed by atoms with Crippen LogP contribution in [0.3, 0.4) is 0 Å². The third kappa shape index (κ3) is 6.25. The maximum absolute atomic E-state index is 11.6. The van der Waals surface area contributed by atoms with Crippen LogP contribution in [0.1, 0.15) is 31.7 Å². The van der Waals surface area contributed by atoms with Crippen molar-refractivity contribution in [2.45, 2.75) is 32.7 Å². The fourth-order valence-electron chi connectivity index (χ4n) is 1.81. The fraction of sp³-hybridized carbons (Fsp3) is 0.533. The number of methoxy groups -OCH3 is 1. The molecule has 1 rings (SSSR count). The van der Waals surface area contributed by atoms with Crippen LogP contribution in [0.5, 0.6) is 5.75 Å². The number of rotatable bonds is 9. The van der Waals surface area contributed by atoms with Crippen LogP contribution in [0.15, 0.2) is 24.3 Å². The summed E-state index contributed by atoms with van der Waals surface area (Å²) in [5.41, 5.74) is 0.990. The summed E-state index contributed by atoms with van der Waals surface area (Å²) in [4.78, 5) is 11.6. The normalized spacial score (nSPS) is 10.2. The Labute approximate surface area is 115 Å². The third-order valence-corrected chi connectivity index (χ3v) is 2.91. The topological polar surface area (TPSA) is 50.4 Å². The molecule has 0 aliphatic heterocycles. The van der Waals surface area contributed by atoms with Gasteiger partial charge in [-0.25, -0.2) is 0 Å². The van der Waals surface area contributed by atoms with Gasteiger partial charge in [-0.05, 0) is 19.0 Å². The van der Waals surface area contributed by atoms with Gasteiger partial charge >= 0.3 is 0 Å². The summed E-state index contributed by atoms with van der Waals surface area (Å²) >= 11 is 0. The van der Waals surface area contributed by atoms with Crippen molar-refractivity contribution in [1.82, 2.24) is 10.6 Å². The number of ether oxygens (including phenoxy) is 1. The SMILES string of the molecule is CCCCCNCC(=O)NCc1ccccc1OC. The Morgan fingerprint density at radius 3 is 2.79 bits per heavy atom. The molecule has 2 N–H and O–H groups in total. The summed E-state index contributed by atoms with van der Waals surface area (Å²) in [7, 11) is 1.63. The van der Waals surface area contributed by atoms with Gasteiger partial charge in [-0.1, -0.05) is 38.0 Å². The van der Waals surface area contributed by atoms with E-state index in [0.29, 0.717) is 13.1 Å². The van der Waals surface area contributed by atoms with Crippen LogP contribution < -0.4 is 15.4 Å². The standard InChI is InChI=1S/C15H24N2O2/c1-3-4-7-10-16-12-15(18)17-11-13-8-5-6-9-14(13)19-2/h5-6,8-9,16H,3-4,7,10-12H2,1-2H3,(H,17,18). The Morgan fingerprint density at radius 2 is 2.05 bits per heavy atom. The molecule has 0 spiro atoms. The van der Waals surface area contributed by atoms with E-state index in [9.17, 15) is 4.79 Å². The minimum atomic E-state index is 0.0161. The first-order chi connectivity index (χ1) is 9.27. The first-order valence-corrected chi connectivity index (χ1v) is 6.87. The summed E-state index contributed by atoms with van der Waals surface area (Å²) < 4.78 is 5.24. The predicted molar refractivity (Wildman–Crippen MR) is 77.2 cm³/mol. The molecular formula is C15H24N2O2. The molecule has 0 saturated carbocycles. The van der Waals surface area contributed by atoms with E-state index < -0.39 is 0 Å². The van der Waals surface area contributed by atoms with Crippen molar-refractivity contribution in [3.05, 3.63) is 29.8 Å².